The number of carbonyl (C=O) groups is 2. The first-order chi connectivity index (χ1) is 9.30. The predicted molar refractivity (Wildman–Crippen MR) is 77.2 cm³/mol. The monoisotopic (exact) mass is 273 g/mol. The molecule has 0 saturated carbocycles. The summed E-state index contributed by atoms with van der Waals surface area (Å²) in [5.41, 5.74) is 0.572. The Morgan fingerprint density at radius 1 is 1.40 bits per heavy atom. The Kier molecular flexibility index (Phi) is 4.93. The fourth-order valence-electron chi connectivity index (χ4n) is 1.71. The van der Waals surface area contributed by atoms with Crippen LogP contribution in [-0.4, -0.2) is 29.9 Å². The van der Waals surface area contributed by atoms with Crippen LogP contribution in [0.4, 0.5) is 4.79 Å². The average Bonchev–Trinajstić information content (AvgIpc) is 2.38. The number of benzene rings is 1. The minimum atomic E-state index is -0.767. The average molecular weight is 273 g/mol. The van der Waals surface area contributed by atoms with Crippen molar-refractivity contribution < 1.29 is 14.3 Å². The zero-order chi connectivity index (χ0) is 15.3. The van der Waals surface area contributed by atoms with E-state index >= 15 is 0 Å². The van der Waals surface area contributed by atoms with Gasteiger partial charge < -0.3 is 9.53 Å². The van der Waals surface area contributed by atoms with Crippen LogP contribution in [0.5, 0.6) is 0 Å². The van der Waals surface area contributed by atoms with Crippen molar-refractivity contribution in [1.82, 2.24) is 4.90 Å². The SMILES string of the molecule is C#Cc1ccccc1C(C=O)N(C)C(=O)OC(C)(C)C. The summed E-state index contributed by atoms with van der Waals surface area (Å²) in [6.07, 6.45) is 5.53. The zero-order valence-corrected chi connectivity index (χ0v) is 12.2. The fourth-order valence-corrected chi connectivity index (χ4v) is 1.71. The van der Waals surface area contributed by atoms with Crippen molar-refractivity contribution >= 4 is 12.4 Å². The largest absolute Gasteiger partial charge is 0.444 e. The van der Waals surface area contributed by atoms with Crippen molar-refractivity contribution in [2.75, 3.05) is 7.05 Å². The molecular formula is C16H19NO3. The first-order valence-corrected chi connectivity index (χ1v) is 6.27. The van der Waals surface area contributed by atoms with Gasteiger partial charge in [-0.05, 0) is 32.4 Å². The van der Waals surface area contributed by atoms with E-state index in [1.165, 1.54) is 11.9 Å². The van der Waals surface area contributed by atoms with Gasteiger partial charge in [-0.1, -0.05) is 24.1 Å². The molecule has 0 saturated heterocycles. The van der Waals surface area contributed by atoms with E-state index in [0.29, 0.717) is 17.4 Å². The van der Waals surface area contributed by atoms with Gasteiger partial charge in [-0.2, -0.15) is 0 Å². The summed E-state index contributed by atoms with van der Waals surface area (Å²) in [5, 5.41) is 0. The molecule has 0 fully saturated rings. The number of hydrogen-bond donors (Lipinski definition) is 0. The number of hydrogen-bond acceptors (Lipinski definition) is 3. The van der Waals surface area contributed by atoms with E-state index in [2.05, 4.69) is 5.92 Å². The van der Waals surface area contributed by atoms with Crippen LogP contribution < -0.4 is 0 Å². The number of rotatable bonds is 3. The lowest BCUT2D eigenvalue weighted by atomic mass is 10.0. The number of amides is 1. The maximum absolute atomic E-state index is 12.0. The summed E-state index contributed by atoms with van der Waals surface area (Å²) in [5.74, 6) is 2.51. The first-order valence-electron chi connectivity index (χ1n) is 6.27. The van der Waals surface area contributed by atoms with Crippen LogP contribution in [0.15, 0.2) is 24.3 Å². The van der Waals surface area contributed by atoms with Gasteiger partial charge in [0.15, 0.2) is 0 Å². The molecule has 0 aliphatic carbocycles. The Morgan fingerprint density at radius 2 is 2.00 bits per heavy atom. The molecule has 0 aliphatic rings. The Hall–Kier alpha value is -2.28. The van der Waals surface area contributed by atoms with Crippen LogP contribution in [-0.2, 0) is 9.53 Å². The van der Waals surface area contributed by atoms with Gasteiger partial charge >= 0.3 is 6.09 Å². The molecule has 0 radical (unpaired) electrons. The highest BCUT2D eigenvalue weighted by molar-refractivity contribution is 5.75. The van der Waals surface area contributed by atoms with E-state index in [0.717, 1.165) is 0 Å². The minimum Gasteiger partial charge on any atom is -0.444 e. The van der Waals surface area contributed by atoms with Crippen LogP contribution in [0.25, 0.3) is 0 Å². The molecule has 0 heterocycles. The molecule has 1 unspecified atom stereocenters. The van der Waals surface area contributed by atoms with Gasteiger partial charge in [-0.15, -0.1) is 6.42 Å². The number of carbonyl (C=O) groups excluding carboxylic acids is 2. The third kappa shape index (κ3) is 3.86. The van der Waals surface area contributed by atoms with Crippen LogP contribution in [0.2, 0.25) is 0 Å². The summed E-state index contributed by atoms with van der Waals surface area (Å²) in [7, 11) is 1.51. The quantitative estimate of drug-likeness (QED) is 0.628. The molecule has 1 atom stereocenters. The summed E-state index contributed by atoms with van der Waals surface area (Å²) in [6, 6.07) is 6.25. The van der Waals surface area contributed by atoms with E-state index in [4.69, 9.17) is 11.2 Å². The molecule has 1 amide bonds. The molecule has 4 nitrogen and oxygen atoms in total. The van der Waals surface area contributed by atoms with Crippen molar-refractivity contribution in [3.8, 4) is 12.3 Å². The minimum absolute atomic E-state index is 0.568. The van der Waals surface area contributed by atoms with Gasteiger partial charge in [0, 0.05) is 12.6 Å². The number of terminal acetylenes is 1. The van der Waals surface area contributed by atoms with Gasteiger partial charge in [0.1, 0.15) is 17.9 Å². The summed E-state index contributed by atoms with van der Waals surface area (Å²) in [4.78, 5) is 24.6. The van der Waals surface area contributed by atoms with Gasteiger partial charge in [0.05, 0.1) is 0 Å². The fraction of sp³-hybridized carbons (Fsp3) is 0.375. The first kappa shape index (κ1) is 15.8. The number of nitrogens with zero attached hydrogens (tertiary/aromatic N) is 1. The van der Waals surface area contributed by atoms with E-state index in [9.17, 15) is 9.59 Å². The Balaban J connectivity index is 3.05. The molecule has 106 valence electrons. The number of ether oxygens (including phenoxy) is 1. The maximum Gasteiger partial charge on any atom is 0.410 e. The highest BCUT2D eigenvalue weighted by Gasteiger charge is 2.27. The summed E-state index contributed by atoms with van der Waals surface area (Å²) in [6.45, 7) is 5.30. The van der Waals surface area contributed by atoms with E-state index in [1.807, 2.05) is 0 Å². The second-order valence-corrected chi connectivity index (χ2v) is 5.40. The molecule has 0 spiro atoms. The Morgan fingerprint density at radius 3 is 2.50 bits per heavy atom. The molecule has 0 aromatic heterocycles. The molecule has 0 N–H and O–H groups in total. The Bertz CT molecular complexity index is 537. The van der Waals surface area contributed by atoms with Gasteiger partial charge in [-0.25, -0.2) is 4.79 Å². The molecule has 0 aliphatic heterocycles. The van der Waals surface area contributed by atoms with Crippen molar-refractivity contribution in [2.24, 2.45) is 0 Å². The highest BCUT2D eigenvalue weighted by atomic mass is 16.6. The zero-order valence-electron chi connectivity index (χ0n) is 12.2. The molecule has 1 rings (SSSR count). The second kappa shape index (κ2) is 6.25. The maximum atomic E-state index is 12.0. The highest BCUT2D eigenvalue weighted by Crippen LogP contribution is 2.22. The number of aldehydes is 1. The van der Waals surface area contributed by atoms with Crippen LogP contribution in [0.3, 0.4) is 0 Å². The van der Waals surface area contributed by atoms with Crippen molar-refractivity contribution in [2.45, 2.75) is 32.4 Å². The molecular weight excluding hydrogens is 254 g/mol. The second-order valence-electron chi connectivity index (χ2n) is 5.40. The normalized spacial score (nSPS) is 12.2. The van der Waals surface area contributed by atoms with Gasteiger partial charge in [0.25, 0.3) is 0 Å². The third-order valence-electron chi connectivity index (χ3n) is 2.66. The third-order valence-corrected chi connectivity index (χ3v) is 2.66. The molecule has 1 aromatic rings. The topological polar surface area (TPSA) is 46.6 Å². The standard InChI is InChI=1S/C16H19NO3/c1-6-12-9-7-8-10-13(12)14(11-18)17(5)15(19)20-16(2,3)4/h1,7-11,14H,2-5H3. The lowest BCUT2D eigenvalue weighted by Gasteiger charge is -2.28. The lowest BCUT2D eigenvalue weighted by Crippen LogP contribution is -2.37. The van der Waals surface area contributed by atoms with Gasteiger partial charge in [0.2, 0.25) is 0 Å². The summed E-state index contributed by atoms with van der Waals surface area (Å²) >= 11 is 0. The smallest absolute Gasteiger partial charge is 0.410 e. The van der Waals surface area contributed by atoms with Crippen LogP contribution in [0, 0.1) is 12.3 Å². The Labute approximate surface area is 119 Å². The number of likely N-dealkylation sites (N-methyl/N-ethyl adjacent to an activating group) is 1. The van der Waals surface area contributed by atoms with Crippen molar-refractivity contribution in [3.63, 3.8) is 0 Å². The van der Waals surface area contributed by atoms with E-state index in [1.54, 1.807) is 45.0 Å². The molecule has 1 aromatic carbocycles. The summed E-state index contributed by atoms with van der Waals surface area (Å²) < 4.78 is 5.25. The van der Waals surface area contributed by atoms with Gasteiger partial charge in [-0.3, -0.25) is 4.90 Å². The van der Waals surface area contributed by atoms with Crippen molar-refractivity contribution in [1.29, 1.82) is 0 Å². The molecule has 4 heteroatoms. The molecule has 0 bridgehead atoms. The van der Waals surface area contributed by atoms with Crippen molar-refractivity contribution in [3.05, 3.63) is 35.4 Å². The predicted octanol–water partition coefficient (Wildman–Crippen LogP) is 2.77. The van der Waals surface area contributed by atoms with Crippen LogP contribution >= 0.6 is 0 Å². The van der Waals surface area contributed by atoms with Crippen LogP contribution in [0.1, 0.15) is 37.9 Å². The molecule has 20 heavy (non-hydrogen) atoms. The van der Waals surface area contributed by atoms with E-state index < -0.39 is 17.7 Å². The lowest BCUT2D eigenvalue weighted by molar-refractivity contribution is -0.112. The van der Waals surface area contributed by atoms with E-state index in [-0.39, 0.29) is 0 Å².